The Morgan fingerprint density at radius 2 is 2.00 bits per heavy atom. The van der Waals surface area contributed by atoms with E-state index in [-0.39, 0.29) is 23.5 Å². The van der Waals surface area contributed by atoms with Crippen molar-refractivity contribution >= 4 is 6.47 Å². The summed E-state index contributed by atoms with van der Waals surface area (Å²) in [5.74, 6) is -0.123. The van der Waals surface area contributed by atoms with Crippen LogP contribution in [0.15, 0.2) is 18.2 Å². The van der Waals surface area contributed by atoms with Crippen molar-refractivity contribution in [3.63, 3.8) is 0 Å². The van der Waals surface area contributed by atoms with Crippen LogP contribution < -0.4 is 4.74 Å². The van der Waals surface area contributed by atoms with Crippen LogP contribution >= 0.6 is 0 Å². The second kappa shape index (κ2) is 3.78. The van der Waals surface area contributed by atoms with Gasteiger partial charge in [0.1, 0.15) is 11.6 Å². The fourth-order valence-corrected chi connectivity index (χ4v) is 1.23. The first-order valence-electron chi connectivity index (χ1n) is 4.35. The molecule has 14 heavy (non-hydrogen) atoms. The van der Waals surface area contributed by atoms with E-state index in [1.807, 2.05) is 20.8 Å². The van der Waals surface area contributed by atoms with Gasteiger partial charge in [0.05, 0.1) is 0 Å². The van der Waals surface area contributed by atoms with Crippen molar-refractivity contribution in [2.45, 2.75) is 26.2 Å². The third-order valence-electron chi connectivity index (χ3n) is 1.93. The van der Waals surface area contributed by atoms with Gasteiger partial charge in [-0.3, -0.25) is 4.79 Å². The standard InChI is InChI=1S/C11H13FO2/c1-11(2,3)9-5-4-8(14-7-13)6-10(9)12/h4-7H,1-3H3. The van der Waals surface area contributed by atoms with Crippen LogP contribution in [0.4, 0.5) is 4.39 Å². The summed E-state index contributed by atoms with van der Waals surface area (Å²) in [5, 5.41) is 0. The fourth-order valence-electron chi connectivity index (χ4n) is 1.23. The Morgan fingerprint density at radius 3 is 2.43 bits per heavy atom. The first-order valence-corrected chi connectivity index (χ1v) is 4.35. The first kappa shape index (κ1) is 10.7. The number of benzene rings is 1. The molecule has 0 radical (unpaired) electrons. The normalized spacial score (nSPS) is 11.1. The van der Waals surface area contributed by atoms with E-state index in [9.17, 15) is 9.18 Å². The highest BCUT2D eigenvalue weighted by atomic mass is 19.1. The van der Waals surface area contributed by atoms with Crippen LogP contribution in [0, 0.1) is 5.82 Å². The van der Waals surface area contributed by atoms with E-state index in [1.54, 1.807) is 12.1 Å². The maximum Gasteiger partial charge on any atom is 0.298 e. The van der Waals surface area contributed by atoms with Gasteiger partial charge in [-0.1, -0.05) is 26.8 Å². The Hall–Kier alpha value is -1.38. The molecular weight excluding hydrogens is 183 g/mol. The number of rotatable bonds is 2. The van der Waals surface area contributed by atoms with Crippen LogP contribution in [0.3, 0.4) is 0 Å². The molecule has 0 spiro atoms. The molecule has 0 aliphatic rings. The van der Waals surface area contributed by atoms with E-state index in [4.69, 9.17) is 0 Å². The molecule has 1 rings (SSSR count). The van der Waals surface area contributed by atoms with E-state index in [0.717, 1.165) is 0 Å². The zero-order valence-electron chi connectivity index (χ0n) is 8.50. The maximum absolute atomic E-state index is 13.5. The van der Waals surface area contributed by atoms with Crippen molar-refractivity contribution in [1.82, 2.24) is 0 Å². The van der Waals surface area contributed by atoms with E-state index >= 15 is 0 Å². The average molecular weight is 196 g/mol. The molecule has 0 N–H and O–H groups in total. The van der Waals surface area contributed by atoms with Gasteiger partial charge >= 0.3 is 0 Å². The summed E-state index contributed by atoms with van der Waals surface area (Å²) in [6.45, 7) is 6.05. The number of halogens is 1. The molecule has 0 saturated carbocycles. The summed E-state index contributed by atoms with van der Waals surface area (Å²) in [6, 6.07) is 4.43. The lowest BCUT2D eigenvalue weighted by atomic mass is 9.87. The summed E-state index contributed by atoms with van der Waals surface area (Å²) >= 11 is 0. The molecular formula is C11H13FO2. The van der Waals surface area contributed by atoms with Crippen molar-refractivity contribution < 1.29 is 13.9 Å². The topological polar surface area (TPSA) is 26.3 Å². The molecule has 0 fully saturated rings. The maximum atomic E-state index is 13.5. The SMILES string of the molecule is CC(C)(C)c1ccc(OC=O)cc1F. The number of carbonyl (C=O) groups excluding carboxylic acids is 1. The van der Waals surface area contributed by atoms with Crippen LogP contribution in [-0.4, -0.2) is 6.47 Å². The number of ether oxygens (including phenoxy) is 1. The van der Waals surface area contributed by atoms with Gasteiger partial charge in [-0.2, -0.15) is 0 Å². The Bertz CT molecular complexity index is 340. The number of hydrogen-bond donors (Lipinski definition) is 0. The molecule has 0 saturated heterocycles. The molecule has 2 nitrogen and oxygen atoms in total. The second-order valence-electron chi connectivity index (χ2n) is 4.11. The molecule has 0 amide bonds. The second-order valence-corrected chi connectivity index (χ2v) is 4.11. The van der Waals surface area contributed by atoms with Gasteiger partial charge < -0.3 is 4.74 Å². The predicted octanol–water partition coefficient (Wildman–Crippen LogP) is 2.66. The van der Waals surface area contributed by atoms with Crippen molar-refractivity contribution in [3.8, 4) is 5.75 Å². The highest BCUT2D eigenvalue weighted by Gasteiger charge is 2.18. The minimum absolute atomic E-state index is 0.227. The van der Waals surface area contributed by atoms with Crippen LogP contribution in [-0.2, 0) is 10.2 Å². The van der Waals surface area contributed by atoms with Gasteiger partial charge in [0.25, 0.3) is 6.47 Å². The lowest BCUT2D eigenvalue weighted by Gasteiger charge is -2.19. The quantitative estimate of drug-likeness (QED) is 0.680. The number of hydrogen-bond acceptors (Lipinski definition) is 2. The van der Waals surface area contributed by atoms with Gasteiger partial charge in [-0.15, -0.1) is 0 Å². The molecule has 76 valence electrons. The van der Waals surface area contributed by atoms with Crippen LogP contribution in [0.1, 0.15) is 26.3 Å². The smallest absolute Gasteiger partial charge is 0.298 e. The van der Waals surface area contributed by atoms with Crippen LogP contribution in [0.2, 0.25) is 0 Å². The third-order valence-corrected chi connectivity index (χ3v) is 1.93. The highest BCUT2D eigenvalue weighted by Crippen LogP contribution is 2.27. The third kappa shape index (κ3) is 2.31. The van der Waals surface area contributed by atoms with E-state index in [2.05, 4.69) is 4.74 Å². The first-order chi connectivity index (χ1) is 6.45. The van der Waals surface area contributed by atoms with Crippen molar-refractivity contribution in [2.75, 3.05) is 0 Å². The summed E-state index contributed by atoms with van der Waals surface area (Å²) in [7, 11) is 0. The van der Waals surface area contributed by atoms with Crippen molar-refractivity contribution in [2.24, 2.45) is 0 Å². The lowest BCUT2D eigenvalue weighted by Crippen LogP contribution is -2.13. The number of carbonyl (C=O) groups is 1. The molecule has 0 aliphatic carbocycles. The Labute approximate surface area is 82.7 Å². The van der Waals surface area contributed by atoms with Gasteiger partial charge in [0, 0.05) is 6.07 Å². The Morgan fingerprint density at radius 1 is 1.36 bits per heavy atom. The molecule has 0 bridgehead atoms. The van der Waals surface area contributed by atoms with E-state index < -0.39 is 0 Å². The summed E-state index contributed by atoms with van der Waals surface area (Å²) in [6.07, 6.45) is 0. The molecule has 0 unspecified atom stereocenters. The van der Waals surface area contributed by atoms with E-state index in [1.165, 1.54) is 6.07 Å². The summed E-state index contributed by atoms with van der Waals surface area (Å²) in [5.41, 5.74) is 0.361. The molecule has 0 aliphatic heterocycles. The monoisotopic (exact) mass is 196 g/mol. The fraction of sp³-hybridized carbons (Fsp3) is 0.364. The zero-order valence-corrected chi connectivity index (χ0v) is 8.50. The van der Waals surface area contributed by atoms with Gasteiger partial charge in [-0.05, 0) is 17.0 Å². The molecule has 0 aromatic heterocycles. The molecule has 0 heterocycles. The molecule has 1 aromatic rings. The molecule has 0 atom stereocenters. The van der Waals surface area contributed by atoms with Crippen LogP contribution in [0.25, 0.3) is 0 Å². The largest absolute Gasteiger partial charge is 0.429 e. The van der Waals surface area contributed by atoms with Gasteiger partial charge in [-0.25, -0.2) is 4.39 Å². The summed E-state index contributed by atoms with van der Waals surface area (Å²) in [4.78, 5) is 10.0. The van der Waals surface area contributed by atoms with Crippen molar-refractivity contribution in [3.05, 3.63) is 29.6 Å². The predicted molar refractivity (Wildman–Crippen MR) is 51.8 cm³/mol. The Kier molecular flexibility index (Phi) is 2.89. The minimum atomic E-state index is -0.350. The van der Waals surface area contributed by atoms with Crippen LogP contribution in [0.5, 0.6) is 5.75 Å². The van der Waals surface area contributed by atoms with Gasteiger partial charge in [0.15, 0.2) is 0 Å². The zero-order chi connectivity index (χ0) is 10.8. The van der Waals surface area contributed by atoms with Crippen molar-refractivity contribution in [1.29, 1.82) is 0 Å². The Balaban J connectivity index is 3.07. The van der Waals surface area contributed by atoms with E-state index in [0.29, 0.717) is 5.56 Å². The molecule has 3 heteroatoms. The lowest BCUT2D eigenvalue weighted by molar-refractivity contribution is -0.120. The molecule has 1 aromatic carbocycles. The average Bonchev–Trinajstić information content (AvgIpc) is 2.02. The van der Waals surface area contributed by atoms with Gasteiger partial charge in [0.2, 0.25) is 0 Å². The highest BCUT2D eigenvalue weighted by molar-refractivity contribution is 5.46. The summed E-state index contributed by atoms with van der Waals surface area (Å²) < 4.78 is 18.0. The minimum Gasteiger partial charge on any atom is -0.429 e.